The third-order valence-corrected chi connectivity index (χ3v) is 5.82. The van der Waals surface area contributed by atoms with Crippen molar-refractivity contribution in [2.45, 2.75) is 24.8 Å². The van der Waals surface area contributed by atoms with Gasteiger partial charge in [0.15, 0.2) is 0 Å². The van der Waals surface area contributed by atoms with Gasteiger partial charge in [-0.15, -0.1) is 0 Å². The Morgan fingerprint density at radius 1 is 0.812 bits per heavy atom. The molecule has 0 aromatic heterocycles. The summed E-state index contributed by atoms with van der Waals surface area (Å²) < 4.78 is 0. The molecule has 164 valence electrons. The van der Waals surface area contributed by atoms with E-state index in [2.05, 4.69) is 5.32 Å². The van der Waals surface area contributed by atoms with E-state index in [1.807, 2.05) is 65.6 Å². The molecule has 0 radical (unpaired) electrons. The van der Waals surface area contributed by atoms with Crippen molar-refractivity contribution in [1.82, 2.24) is 10.2 Å². The second-order valence-corrected chi connectivity index (χ2v) is 8.07. The van der Waals surface area contributed by atoms with Crippen LogP contribution >= 0.6 is 0 Å². The Morgan fingerprint density at radius 2 is 1.31 bits per heavy atom. The maximum atomic E-state index is 13.5. The Bertz CT molecular complexity index is 1020. The van der Waals surface area contributed by atoms with E-state index in [4.69, 9.17) is 0 Å². The van der Waals surface area contributed by atoms with Gasteiger partial charge in [0.25, 0.3) is 5.91 Å². The number of piperidine rings is 1. The van der Waals surface area contributed by atoms with E-state index in [1.165, 1.54) is 18.2 Å². The van der Waals surface area contributed by atoms with Gasteiger partial charge in [0.1, 0.15) is 11.5 Å². The third-order valence-electron chi connectivity index (χ3n) is 5.82. The molecule has 6 heteroatoms. The van der Waals surface area contributed by atoms with Crippen molar-refractivity contribution in [3.8, 4) is 11.5 Å². The van der Waals surface area contributed by atoms with Crippen LogP contribution in [0.2, 0.25) is 0 Å². The number of nitrogens with one attached hydrogen (secondary N) is 1. The number of hydrogen-bond acceptors (Lipinski definition) is 4. The predicted molar refractivity (Wildman–Crippen MR) is 122 cm³/mol. The number of rotatable bonds is 5. The average molecular weight is 431 g/mol. The molecule has 32 heavy (non-hydrogen) atoms. The minimum atomic E-state index is -0.362. The average Bonchev–Trinajstić information content (AvgIpc) is 2.80. The molecule has 3 aromatic rings. The van der Waals surface area contributed by atoms with Crippen molar-refractivity contribution in [3.63, 3.8) is 0 Å². The number of phenolic OH excluding ortho intramolecular Hbond substituents is 2. The summed E-state index contributed by atoms with van der Waals surface area (Å²) in [6, 6.07) is 23.3. The number of likely N-dealkylation sites (tertiary alicyclic amines) is 1. The molecule has 0 aliphatic carbocycles. The first-order valence-corrected chi connectivity index (χ1v) is 10.7. The second-order valence-electron chi connectivity index (χ2n) is 8.07. The van der Waals surface area contributed by atoms with Crippen molar-refractivity contribution >= 4 is 11.8 Å². The van der Waals surface area contributed by atoms with E-state index in [0.717, 1.165) is 11.1 Å². The van der Waals surface area contributed by atoms with Crippen LogP contribution in [0, 0.1) is 0 Å². The molecule has 4 rings (SSSR count). The highest BCUT2D eigenvalue weighted by atomic mass is 16.3. The van der Waals surface area contributed by atoms with Crippen LogP contribution in [0.4, 0.5) is 0 Å². The number of nitrogens with zero attached hydrogens (tertiary/aromatic N) is 1. The summed E-state index contributed by atoms with van der Waals surface area (Å²) in [5.74, 6) is -0.983. The monoisotopic (exact) mass is 430 g/mol. The fourth-order valence-corrected chi connectivity index (χ4v) is 4.19. The van der Waals surface area contributed by atoms with Crippen LogP contribution < -0.4 is 5.32 Å². The summed E-state index contributed by atoms with van der Waals surface area (Å²) >= 11 is 0. The van der Waals surface area contributed by atoms with Gasteiger partial charge >= 0.3 is 0 Å². The molecular weight excluding hydrogens is 404 g/mol. The predicted octanol–water partition coefficient (Wildman–Crippen LogP) is 3.65. The highest BCUT2D eigenvalue weighted by Gasteiger charge is 2.30. The minimum absolute atomic E-state index is 0.0603. The molecule has 0 unspecified atom stereocenters. The Hall–Kier alpha value is -3.80. The zero-order valence-corrected chi connectivity index (χ0v) is 17.6. The molecule has 0 spiro atoms. The lowest BCUT2D eigenvalue weighted by atomic mass is 9.89. The van der Waals surface area contributed by atoms with Crippen molar-refractivity contribution in [2.24, 2.45) is 0 Å². The lowest BCUT2D eigenvalue weighted by molar-refractivity contribution is -0.132. The molecule has 3 aromatic carbocycles. The van der Waals surface area contributed by atoms with Crippen molar-refractivity contribution in [3.05, 3.63) is 95.6 Å². The summed E-state index contributed by atoms with van der Waals surface area (Å²) in [4.78, 5) is 27.9. The van der Waals surface area contributed by atoms with Gasteiger partial charge in [0, 0.05) is 30.8 Å². The number of amides is 2. The Balaban J connectivity index is 1.42. The standard InChI is InChI=1S/C26H26N2O4/c29-22-15-20(16-23(30)17-22)25(31)27-21-11-13-28(14-12-21)26(32)24(18-7-3-1-4-8-18)19-9-5-2-6-10-19/h1-10,15-17,21,24,29-30H,11-14H2,(H,27,31). The van der Waals surface area contributed by atoms with Crippen molar-refractivity contribution in [1.29, 1.82) is 0 Å². The molecule has 0 bridgehead atoms. The number of hydrogen-bond donors (Lipinski definition) is 3. The molecule has 0 atom stereocenters. The van der Waals surface area contributed by atoms with Gasteiger partial charge in [-0.05, 0) is 36.1 Å². The van der Waals surface area contributed by atoms with Crippen LogP contribution in [0.5, 0.6) is 11.5 Å². The van der Waals surface area contributed by atoms with Gasteiger partial charge < -0.3 is 20.4 Å². The summed E-state index contributed by atoms with van der Waals surface area (Å²) in [6.45, 7) is 1.09. The van der Waals surface area contributed by atoms with Crippen LogP contribution in [0.3, 0.4) is 0 Å². The maximum absolute atomic E-state index is 13.5. The van der Waals surface area contributed by atoms with E-state index in [-0.39, 0.29) is 40.8 Å². The van der Waals surface area contributed by atoms with Gasteiger partial charge in [-0.1, -0.05) is 60.7 Å². The Kier molecular flexibility index (Phi) is 6.40. The lowest BCUT2D eigenvalue weighted by Crippen LogP contribution is -2.47. The molecule has 0 saturated carbocycles. The molecule has 6 nitrogen and oxygen atoms in total. The number of benzene rings is 3. The molecule has 3 N–H and O–H groups in total. The van der Waals surface area contributed by atoms with Crippen molar-refractivity contribution in [2.75, 3.05) is 13.1 Å². The van der Waals surface area contributed by atoms with E-state index in [9.17, 15) is 19.8 Å². The largest absolute Gasteiger partial charge is 0.508 e. The topological polar surface area (TPSA) is 89.9 Å². The van der Waals surface area contributed by atoms with Crippen LogP contribution in [-0.2, 0) is 4.79 Å². The van der Waals surface area contributed by atoms with E-state index in [1.54, 1.807) is 0 Å². The van der Waals surface area contributed by atoms with E-state index >= 15 is 0 Å². The molecular formula is C26H26N2O4. The smallest absolute Gasteiger partial charge is 0.251 e. The molecule has 1 aliphatic rings. The van der Waals surface area contributed by atoms with Crippen LogP contribution in [0.15, 0.2) is 78.9 Å². The summed E-state index contributed by atoms with van der Waals surface area (Å²) in [6.07, 6.45) is 1.27. The lowest BCUT2D eigenvalue weighted by Gasteiger charge is -2.35. The van der Waals surface area contributed by atoms with Crippen LogP contribution in [-0.4, -0.2) is 46.1 Å². The molecule has 1 heterocycles. The summed E-state index contributed by atoms with van der Waals surface area (Å²) in [5.41, 5.74) is 2.12. The highest BCUT2D eigenvalue weighted by molar-refractivity contribution is 5.95. The number of carbonyl (C=O) groups is 2. The summed E-state index contributed by atoms with van der Waals surface area (Å²) in [5, 5.41) is 22.1. The molecule has 1 aliphatic heterocycles. The zero-order valence-electron chi connectivity index (χ0n) is 17.6. The quantitative estimate of drug-likeness (QED) is 0.576. The maximum Gasteiger partial charge on any atom is 0.251 e. The van der Waals surface area contributed by atoms with Gasteiger partial charge in [0.05, 0.1) is 5.92 Å². The van der Waals surface area contributed by atoms with Crippen molar-refractivity contribution < 1.29 is 19.8 Å². The summed E-state index contributed by atoms with van der Waals surface area (Å²) in [7, 11) is 0. The molecule has 2 amide bonds. The van der Waals surface area contributed by atoms with Gasteiger partial charge in [-0.25, -0.2) is 0 Å². The third kappa shape index (κ3) is 4.91. The SMILES string of the molecule is O=C(NC1CCN(C(=O)C(c2ccccc2)c2ccccc2)CC1)c1cc(O)cc(O)c1. The second kappa shape index (κ2) is 9.56. The minimum Gasteiger partial charge on any atom is -0.508 e. The zero-order chi connectivity index (χ0) is 22.5. The number of phenols is 2. The molecule has 1 saturated heterocycles. The van der Waals surface area contributed by atoms with E-state index in [0.29, 0.717) is 25.9 Å². The number of aromatic hydroxyl groups is 2. The normalized spacial score (nSPS) is 14.3. The number of carbonyl (C=O) groups excluding carboxylic acids is 2. The fraction of sp³-hybridized carbons (Fsp3) is 0.231. The Morgan fingerprint density at radius 3 is 1.81 bits per heavy atom. The fourth-order valence-electron chi connectivity index (χ4n) is 4.19. The van der Waals surface area contributed by atoms with Crippen LogP contribution in [0.25, 0.3) is 0 Å². The van der Waals surface area contributed by atoms with Crippen LogP contribution in [0.1, 0.15) is 40.2 Å². The first kappa shape index (κ1) is 21.4. The van der Waals surface area contributed by atoms with E-state index < -0.39 is 0 Å². The van der Waals surface area contributed by atoms with Gasteiger partial charge in [-0.3, -0.25) is 9.59 Å². The first-order valence-electron chi connectivity index (χ1n) is 10.7. The molecule has 1 fully saturated rings. The Labute approximate surface area is 187 Å². The van der Waals surface area contributed by atoms with Gasteiger partial charge in [-0.2, -0.15) is 0 Å². The van der Waals surface area contributed by atoms with Gasteiger partial charge in [0.2, 0.25) is 5.91 Å². The first-order chi connectivity index (χ1) is 15.5. The highest BCUT2D eigenvalue weighted by Crippen LogP contribution is 2.28.